The number of nitrogens with zero attached hydrogens (tertiary/aromatic N) is 1. The normalized spacial score (nSPS) is 15.3. The molecule has 0 aromatic heterocycles. The van der Waals surface area contributed by atoms with E-state index in [1.165, 1.54) is 4.31 Å². The quantitative estimate of drug-likeness (QED) is 0.457. The lowest BCUT2D eigenvalue weighted by atomic mass is 9.87. The van der Waals surface area contributed by atoms with Gasteiger partial charge in [0.1, 0.15) is 6.04 Å². The van der Waals surface area contributed by atoms with E-state index in [2.05, 4.69) is 26.1 Å². The highest BCUT2D eigenvalue weighted by Crippen LogP contribution is 2.37. The minimum atomic E-state index is -3.99. The summed E-state index contributed by atoms with van der Waals surface area (Å²) in [5.74, 6) is -1.22. The maximum atomic E-state index is 13.8. The van der Waals surface area contributed by atoms with Crippen LogP contribution in [0.1, 0.15) is 49.4 Å². The maximum absolute atomic E-state index is 13.8. The van der Waals surface area contributed by atoms with E-state index >= 15 is 0 Å². The molecule has 1 aliphatic rings. The summed E-state index contributed by atoms with van der Waals surface area (Å²) in [5.41, 5.74) is 3.98. The first kappa shape index (κ1) is 26.4. The fraction of sp³-hybridized carbons (Fsp3) is 0.310. The Balaban J connectivity index is 1.54. The van der Waals surface area contributed by atoms with Crippen molar-refractivity contribution in [2.75, 3.05) is 4.31 Å². The number of carbonyl (C=O) groups is 2. The van der Waals surface area contributed by atoms with E-state index in [0.29, 0.717) is 12.1 Å². The molecule has 0 unspecified atom stereocenters. The van der Waals surface area contributed by atoms with Crippen LogP contribution < -0.4 is 9.62 Å². The molecule has 4 rings (SSSR count). The lowest BCUT2D eigenvalue weighted by Gasteiger charge is -2.27. The third-order valence-electron chi connectivity index (χ3n) is 6.62. The number of hydrogen-bond donors (Lipinski definition) is 2. The van der Waals surface area contributed by atoms with Crippen LogP contribution in [0.5, 0.6) is 0 Å². The van der Waals surface area contributed by atoms with E-state index in [1.54, 1.807) is 24.3 Å². The van der Waals surface area contributed by atoms with Gasteiger partial charge >= 0.3 is 5.97 Å². The first-order valence-electron chi connectivity index (χ1n) is 12.3. The summed E-state index contributed by atoms with van der Waals surface area (Å²) >= 11 is 0. The van der Waals surface area contributed by atoms with E-state index in [4.69, 9.17) is 5.11 Å². The van der Waals surface area contributed by atoms with Crippen molar-refractivity contribution in [3.8, 4) is 0 Å². The van der Waals surface area contributed by atoms with Crippen LogP contribution >= 0.6 is 0 Å². The van der Waals surface area contributed by atoms with Crippen LogP contribution in [-0.2, 0) is 44.4 Å². The maximum Gasteiger partial charge on any atom is 0.303 e. The van der Waals surface area contributed by atoms with Gasteiger partial charge in [0, 0.05) is 19.4 Å². The molecular formula is C29H32N2O5S. The van der Waals surface area contributed by atoms with Gasteiger partial charge in [-0.25, -0.2) is 8.42 Å². The van der Waals surface area contributed by atoms with Gasteiger partial charge in [0.2, 0.25) is 5.91 Å². The molecule has 0 spiro atoms. The van der Waals surface area contributed by atoms with Crippen LogP contribution in [0.15, 0.2) is 77.7 Å². The Kier molecular flexibility index (Phi) is 7.41. The molecule has 1 heterocycles. The molecule has 1 aliphatic heterocycles. The summed E-state index contributed by atoms with van der Waals surface area (Å²) in [5, 5.41) is 11.7. The number of aliphatic carboxylic acids is 1. The Bertz CT molecular complexity index is 1390. The minimum absolute atomic E-state index is 0.0571. The van der Waals surface area contributed by atoms with E-state index in [0.717, 1.165) is 22.3 Å². The molecule has 2 N–H and O–H groups in total. The van der Waals surface area contributed by atoms with Gasteiger partial charge in [-0.3, -0.25) is 13.9 Å². The van der Waals surface area contributed by atoms with Crippen molar-refractivity contribution in [2.45, 2.75) is 62.9 Å². The monoisotopic (exact) mass is 520 g/mol. The molecule has 7 nitrogen and oxygen atoms in total. The molecule has 1 amide bonds. The van der Waals surface area contributed by atoms with Gasteiger partial charge in [-0.05, 0) is 52.3 Å². The van der Waals surface area contributed by atoms with Crippen molar-refractivity contribution in [2.24, 2.45) is 0 Å². The zero-order valence-electron chi connectivity index (χ0n) is 21.3. The number of para-hydroxylation sites is 1. The van der Waals surface area contributed by atoms with Gasteiger partial charge in [-0.2, -0.15) is 0 Å². The molecule has 3 aromatic carbocycles. The van der Waals surface area contributed by atoms with E-state index < -0.39 is 22.0 Å². The number of hydrogen-bond acceptors (Lipinski definition) is 4. The Morgan fingerprint density at radius 1 is 0.946 bits per heavy atom. The first-order chi connectivity index (χ1) is 17.5. The summed E-state index contributed by atoms with van der Waals surface area (Å²) in [6.45, 7) is 6.44. The smallest absolute Gasteiger partial charge is 0.303 e. The van der Waals surface area contributed by atoms with Gasteiger partial charge in [0.05, 0.1) is 10.6 Å². The molecule has 194 valence electrons. The molecule has 0 saturated carbocycles. The summed E-state index contributed by atoms with van der Waals surface area (Å²) in [6, 6.07) is 20.5. The van der Waals surface area contributed by atoms with Crippen LogP contribution in [0.2, 0.25) is 0 Å². The number of amides is 1. The minimum Gasteiger partial charge on any atom is -0.481 e. The molecule has 0 radical (unpaired) electrons. The number of carbonyl (C=O) groups excluding carboxylic acids is 1. The van der Waals surface area contributed by atoms with Crippen LogP contribution in [0.4, 0.5) is 5.69 Å². The molecule has 3 aromatic rings. The molecule has 0 aliphatic carbocycles. The topological polar surface area (TPSA) is 104 Å². The summed E-state index contributed by atoms with van der Waals surface area (Å²) in [4.78, 5) is 24.2. The third-order valence-corrected chi connectivity index (χ3v) is 8.46. The molecular weight excluding hydrogens is 488 g/mol. The number of carboxylic acid groups (broad SMARTS) is 1. The Morgan fingerprint density at radius 3 is 2.19 bits per heavy atom. The van der Waals surface area contributed by atoms with Crippen molar-refractivity contribution >= 4 is 27.6 Å². The van der Waals surface area contributed by atoms with Crippen molar-refractivity contribution in [1.82, 2.24) is 5.32 Å². The van der Waals surface area contributed by atoms with Crippen molar-refractivity contribution in [3.63, 3.8) is 0 Å². The highest BCUT2D eigenvalue weighted by molar-refractivity contribution is 7.93. The molecule has 0 saturated heterocycles. The van der Waals surface area contributed by atoms with Gasteiger partial charge in [0.15, 0.2) is 0 Å². The molecule has 0 bridgehead atoms. The SMILES string of the molecule is CC(C)(C)c1ccc(S(=O)(=O)N2c3ccccc3C[C@H]2C(=O)NCc2ccc(CCC(=O)O)cc2)cc1. The fourth-order valence-electron chi connectivity index (χ4n) is 4.48. The van der Waals surface area contributed by atoms with Crippen LogP contribution in [-0.4, -0.2) is 31.4 Å². The second-order valence-electron chi connectivity index (χ2n) is 10.4. The number of aryl methyl sites for hydroxylation is 1. The lowest BCUT2D eigenvalue weighted by molar-refractivity contribution is -0.137. The molecule has 1 atom stereocenters. The van der Waals surface area contributed by atoms with Crippen LogP contribution in [0.25, 0.3) is 0 Å². The van der Waals surface area contributed by atoms with E-state index in [1.807, 2.05) is 48.5 Å². The number of carboxylic acids is 1. The van der Waals surface area contributed by atoms with Crippen LogP contribution in [0.3, 0.4) is 0 Å². The first-order valence-corrected chi connectivity index (χ1v) is 13.7. The average molecular weight is 521 g/mol. The van der Waals surface area contributed by atoms with Crippen molar-refractivity contribution < 1.29 is 23.1 Å². The van der Waals surface area contributed by atoms with Crippen LogP contribution in [0, 0.1) is 0 Å². The zero-order chi connectivity index (χ0) is 26.8. The van der Waals surface area contributed by atoms with Gasteiger partial charge in [-0.15, -0.1) is 0 Å². The number of nitrogens with one attached hydrogen (secondary N) is 1. The summed E-state index contributed by atoms with van der Waals surface area (Å²) in [7, 11) is -3.99. The highest BCUT2D eigenvalue weighted by atomic mass is 32.2. The standard InChI is InChI=1S/C29H32N2O5S/c1-29(2,3)23-13-15-24(16-14-23)37(35,36)31-25-7-5-4-6-22(25)18-26(31)28(34)30-19-21-10-8-20(9-11-21)12-17-27(32)33/h4-11,13-16,26H,12,17-19H2,1-3H3,(H,30,34)(H,32,33)/t26-/m0/s1. The predicted molar refractivity (Wildman–Crippen MR) is 143 cm³/mol. The number of rotatable bonds is 8. The largest absolute Gasteiger partial charge is 0.481 e. The van der Waals surface area contributed by atoms with Gasteiger partial charge in [-0.1, -0.05) is 75.4 Å². The van der Waals surface area contributed by atoms with E-state index in [9.17, 15) is 18.0 Å². The van der Waals surface area contributed by atoms with E-state index in [-0.39, 0.29) is 35.6 Å². The van der Waals surface area contributed by atoms with Crippen molar-refractivity contribution in [3.05, 3.63) is 95.1 Å². The average Bonchev–Trinajstić information content (AvgIpc) is 3.27. The summed E-state index contributed by atoms with van der Waals surface area (Å²) in [6.07, 6.45) is 0.781. The van der Waals surface area contributed by atoms with Gasteiger partial charge < -0.3 is 10.4 Å². The number of sulfonamides is 1. The number of fused-ring (bicyclic) bond motifs is 1. The molecule has 8 heteroatoms. The number of benzene rings is 3. The second-order valence-corrected chi connectivity index (χ2v) is 12.2. The predicted octanol–water partition coefficient (Wildman–Crippen LogP) is 4.44. The van der Waals surface area contributed by atoms with Crippen molar-refractivity contribution in [1.29, 1.82) is 0 Å². The molecule has 0 fully saturated rings. The Morgan fingerprint density at radius 2 is 1.57 bits per heavy atom. The Labute approximate surface area is 218 Å². The number of anilines is 1. The second kappa shape index (κ2) is 10.4. The molecule has 37 heavy (non-hydrogen) atoms. The highest BCUT2D eigenvalue weighted by Gasteiger charge is 2.42. The fourth-order valence-corrected chi connectivity index (χ4v) is 6.13. The zero-order valence-corrected chi connectivity index (χ0v) is 22.1. The third kappa shape index (κ3) is 5.85. The lowest BCUT2D eigenvalue weighted by Crippen LogP contribution is -2.47. The van der Waals surface area contributed by atoms with Gasteiger partial charge in [0.25, 0.3) is 10.0 Å². The Hall–Kier alpha value is -3.65. The summed E-state index contributed by atoms with van der Waals surface area (Å²) < 4.78 is 28.8.